The lowest BCUT2D eigenvalue weighted by molar-refractivity contribution is 0.0254. The lowest BCUT2D eigenvalue weighted by Crippen LogP contribution is -2.27. The minimum Gasteiger partial charge on any atom is -0.491 e. The lowest BCUT2D eigenvalue weighted by Gasteiger charge is -2.17. The number of hydrogen-bond acceptors (Lipinski definition) is 4. The molecule has 1 atom stereocenters. The first-order chi connectivity index (χ1) is 15.3. The van der Waals surface area contributed by atoms with E-state index in [2.05, 4.69) is 52.6 Å². The van der Waals surface area contributed by atoms with Gasteiger partial charge in [-0.3, -0.25) is 0 Å². The van der Waals surface area contributed by atoms with Crippen LogP contribution in [0.4, 0.5) is 0 Å². The van der Waals surface area contributed by atoms with Crippen LogP contribution in [0, 0.1) is 12.3 Å². The summed E-state index contributed by atoms with van der Waals surface area (Å²) < 4.78 is 13.3. The van der Waals surface area contributed by atoms with Crippen molar-refractivity contribution in [2.75, 3.05) is 13.2 Å². The molecule has 0 saturated carbocycles. The van der Waals surface area contributed by atoms with Crippen molar-refractivity contribution in [1.29, 1.82) is 0 Å². The highest BCUT2D eigenvalue weighted by Crippen LogP contribution is 2.23. The summed E-state index contributed by atoms with van der Waals surface area (Å²) in [6, 6.07) is 28.2. The van der Waals surface area contributed by atoms with Crippen molar-refractivity contribution in [1.82, 2.24) is 15.0 Å². The molecule has 1 unspecified atom stereocenters. The van der Waals surface area contributed by atoms with Gasteiger partial charge in [-0.2, -0.15) is 0 Å². The fourth-order valence-electron chi connectivity index (χ4n) is 3.22. The molecule has 1 heterocycles. The van der Waals surface area contributed by atoms with Gasteiger partial charge in [0.1, 0.15) is 30.8 Å². The highest BCUT2D eigenvalue weighted by Gasteiger charge is 2.13. The molecular weight excluding hydrogens is 386 g/mol. The number of hydrogen-bond donors (Lipinski definition) is 0. The fraction of sp³-hybridized carbons (Fsp3) is 0.154. The molecule has 0 spiro atoms. The second-order valence-electron chi connectivity index (χ2n) is 7.03. The zero-order chi connectivity index (χ0) is 21.3. The molecule has 1 aromatic heterocycles. The van der Waals surface area contributed by atoms with Crippen LogP contribution in [-0.2, 0) is 11.3 Å². The van der Waals surface area contributed by atoms with Gasteiger partial charge in [0.15, 0.2) is 0 Å². The summed E-state index contributed by atoms with van der Waals surface area (Å²) in [5.41, 5.74) is 4.16. The Labute approximate surface area is 182 Å². The van der Waals surface area contributed by atoms with E-state index in [1.54, 1.807) is 4.68 Å². The quantitative estimate of drug-likeness (QED) is 0.376. The van der Waals surface area contributed by atoms with E-state index in [1.165, 1.54) is 5.56 Å². The first-order valence-corrected chi connectivity index (χ1v) is 10.1. The molecule has 154 valence electrons. The van der Waals surface area contributed by atoms with Crippen molar-refractivity contribution >= 4 is 0 Å². The van der Waals surface area contributed by atoms with Gasteiger partial charge in [0, 0.05) is 5.56 Å². The third-order valence-electron chi connectivity index (χ3n) is 4.80. The first-order valence-electron chi connectivity index (χ1n) is 10.1. The highest BCUT2D eigenvalue weighted by atomic mass is 16.5. The highest BCUT2D eigenvalue weighted by molar-refractivity contribution is 5.68. The van der Waals surface area contributed by atoms with E-state index in [1.807, 2.05) is 54.7 Å². The minimum absolute atomic E-state index is 0.214. The molecule has 5 heteroatoms. The summed E-state index contributed by atoms with van der Waals surface area (Å²) in [5, 5.41) is 8.57. The minimum atomic E-state index is -0.244. The predicted octanol–water partition coefficient (Wildman–Crippen LogP) is 4.71. The summed E-state index contributed by atoms with van der Waals surface area (Å²) in [6.45, 7) is 1.07. The first kappa shape index (κ1) is 20.4. The Morgan fingerprint density at radius 2 is 1.48 bits per heavy atom. The van der Waals surface area contributed by atoms with Gasteiger partial charge in [0.25, 0.3) is 0 Å². The summed E-state index contributed by atoms with van der Waals surface area (Å²) in [7, 11) is 0. The Morgan fingerprint density at radius 1 is 0.839 bits per heavy atom. The molecule has 0 N–H and O–H groups in total. The summed E-state index contributed by atoms with van der Waals surface area (Å²) in [4.78, 5) is 0. The van der Waals surface area contributed by atoms with Crippen molar-refractivity contribution in [2.24, 2.45) is 0 Å². The zero-order valence-corrected chi connectivity index (χ0v) is 17.1. The molecule has 0 aliphatic rings. The molecule has 0 aliphatic heterocycles. The van der Waals surface area contributed by atoms with Crippen LogP contribution in [0.5, 0.6) is 5.75 Å². The third kappa shape index (κ3) is 5.59. The molecule has 0 radical (unpaired) electrons. The lowest BCUT2D eigenvalue weighted by atomic mass is 10.0. The zero-order valence-electron chi connectivity index (χ0n) is 17.1. The average molecular weight is 409 g/mol. The normalized spacial score (nSPS) is 11.6. The average Bonchev–Trinajstić information content (AvgIpc) is 3.31. The molecular formula is C26H23N3O2. The van der Waals surface area contributed by atoms with E-state index in [9.17, 15) is 0 Å². The standard InChI is InChI=1S/C26H23N3O2/c1-2-17-30-25(20-31-24-11-7-4-8-12-24)18-29-19-26(27-28-29)23-15-13-22(14-16-23)21-9-5-3-6-10-21/h1,3-16,19,25H,17-18,20H2. The van der Waals surface area contributed by atoms with Crippen LogP contribution in [0.1, 0.15) is 0 Å². The van der Waals surface area contributed by atoms with Crippen LogP contribution >= 0.6 is 0 Å². The van der Waals surface area contributed by atoms with Crippen molar-refractivity contribution in [3.05, 3.63) is 91.1 Å². The van der Waals surface area contributed by atoms with Crippen molar-refractivity contribution in [2.45, 2.75) is 12.6 Å². The second-order valence-corrected chi connectivity index (χ2v) is 7.03. The van der Waals surface area contributed by atoms with Gasteiger partial charge in [-0.15, -0.1) is 11.5 Å². The molecule has 0 amide bonds. The third-order valence-corrected chi connectivity index (χ3v) is 4.80. The SMILES string of the molecule is C#CCOC(COc1ccccc1)Cn1cc(-c2ccc(-c3ccccc3)cc2)nn1. The molecule has 5 nitrogen and oxygen atoms in total. The van der Waals surface area contributed by atoms with Crippen LogP contribution in [0.25, 0.3) is 22.4 Å². The van der Waals surface area contributed by atoms with Gasteiger partial charge < -0.3 is 9.47 Å². The van der Waals surface area contributed by atoms with E-state index in [4.69, 9.17) is 15.9 Å². The van der Waals surface area contributed by atoms with Crippen LogP contribution in [0.15, 0.2) is 91.1 Å². The molecule has 0 saturated heterocycles. The second kappa shape index (κ2) is 10.2. The Bertz CT molecular complexity index is 1120. The van der Waals surface area contributed by atoms with Gasteiger partial charge in [0.2, 0.25) is 0 Å². The van der Waals surface area contributed by atoms with E-state index in [0.29, 0.717) is 13.2 Å². The largest absolute Gasteiger partial charge is 0.491 e. The van der Waals surface area contributed by atoms with Crippen LogP contribution in [0.2, 0.25) is 0 Å². The number of benzene rings is 3. The van der Waals surface area contributed by atoms with Crippen molar-refractivity contribution < 1.29 is 9.47 Å². The van der Waals surface area contributed by atoms with Crippen LogP contribution in [-0.4, -0.2) is 34.3 Å². The van der Waals surface area contributed by atoms with Gasteiger partial charge >= 0.3 is 0 Å². The van der Waals surface area contributed by atoms with E-state index < -0.39 is 0 Å². The van der Waals surface area contributed by atoms with Gasteiger partial charge in [-0.25, -0.2) is 4.68 Å². The van der Waals surface area contributed by atoms with Gasteiger partial charge in [-0.05, 0) is 23.3 Å². The van der Waals surface area contributed by atoms with E-state index >= 15 is 0 Å². The van der Waals surface area contributed by atoms with E-state index in [0.717, 1.165) is 22.6 Å². The topological polar surface area (TPSA) is 49.2 Å². The monoisotopic (exact) mass is 409 g/mol. The summed E-state index contributed by atoms with van der Waals surface area (Å²) >= 11 is 0. The maximum absolute atomic E-state index is 5.83. The van der Waals surface area contributed by atoms with Gasteiger partial charge in [0.05, 0.1) is 12.7 Å². The van der Waals surface area contributed by atoms with Crippen LogP contribution < -0.4 is 4.74 Å². The number of terminal acetylenes is 1. The molecule has 0 aliphatic carbocycles. The molecule has 0 bridgehead atoms. The van der Waals surface area contributed by atoms with Crippen LogP contribution in [0.3, 0.4) is 0 Å². The molecule has 0 fully saturated rings. The summed E-state index contributed by atoms with van der Waals surface area (Å²) in [6.07, 6.45) is 7.03. The molecule has 4 aromatic rings. The summed E-state index contributed by atoms with van der Waals surface area (Å²) in [5.74, 6) is 3.30. The maximum Gasteiger partial charge on any atom is 0.119 e. The van der Waals surface area contributed by atoms with Crippen molar-refractivity contribution in [3.8, 4) is 40.5 Å². The number of nitrogens with zero attached hydrogens (tertiary/aromatic N) is 3. The Hall–Kier alpha value is -3.88. The Morgan fingerprint density at radius 3 is 2.19 bits per heavy atom. The smallest absolute Gasteiger partial charge is 0.119 e. The Kier molecular flexibility index (Phi) is 6.74. The van der Waals surface area contributed by atoms with E-state index in [-0.39, 0.29) is 12.7 Å². The Balaban J connectivity index is 1.42. The number of aromatic nitrogens is 3. The van der Waals surface area contributed by atoms with Crippen molar-refractivity contribution in [3.63, 3.8) is 0 Å². The number of rotatable bonds is 9. The molecule has 3 aromatic carbocycles. The maximum atomic E-state index is 5.83. The van der Waals surface area contributed by atoms with Gasteiger partial charge in [-0.1, -0.05) is 83.9 Å². The number of para-hydroxylation sites is 1. The molecule has 4 rings (SSSR count). The predicted molar refractivity (Wildman–Crippen MR) is 121 cm³/mol. The molecule has 31 heavy (non-hydrogen) atoms. The fourth-order valence-corrected chi connectivity index (χ4v) is 3.22. The number of ether oxygens (including phenoxy) is 2.